The Kier molecular flexibility index (Phi) is 8.32. The van der Waals surface area contributed by atoms with Crippen LogP contribution >= 0.6 is 0 Å². The van der Waals surface area contributed by atoms with E-state index in [-0.39, 0.29) is 17.0 Å². The minimum Gasteiger partial charge on any atom is -0.478 e. The molecular formula is C26H30F4O2. The molecule has 0 radical (unpaired) electrons. The number of benzene rings is 2. The minimum absolute atomic E-state index is 0.0464. The van der Waals surface area contributed by atoms with Crippen molar-refractivity contribution >= 4 is 5.97 Å². The van der Waals surface area contributed by atoms with Crippen LogP contribution in [-0.2, 0) is 0 Å². The molecule has 0 aliphatic heterocycles. The normalized spacial score (nSPS) is 18.7. The lowest BCUT2D eigenvalue weighted by atomic mass is 9.75. The van der Waals surface area contributed by atoms with Gasteiger partial charge in [-0.05, 0) is 66.8 Å². The van der Waals surface area contributed by atoms with Gasteiger partial charge in [-0.25, -0.2) is 22.4 Å². The molecule has 0 spiro atoms. The number of hydrogen-bond donors (Lipinski definition) is 1. The van der Waals surface area contributed by atoms with Gasteiger partial charge < -0.3 is 5.11 Å². The number of aromatic carboxylic acids is 1. The number of carboxylic acids is 1. The van der Waals surface area contributed by atoms with Crippen molar-refractivity contribution in [3.8, 4) is 11.1 Å². The second kappa shape index (κ2) is 11.0. The maximum atomic E-state index is 15.2. The number of hydrogen-bond acceptors (Lipinski definition) is 1. The fraction of sp³-hybridized carbons (Fsp3) is 0.500. The summed E-state index contributed by atoms with van der Waals surface area (Å²) >= 11 is 0. The Labute approximate surface area is 186 Å². The van der Waals surface area contributed by atoms with Crippen LogP contribution in [-0.4, -0.2) is 11.1 Å². The zero-order valence-corrected chi connectivity index (χ0v) is 18.4. The summed E-state index contributed by atoms with van der Waals surface area (Å²) in [5.74, 6) is -6.45. The van der Waals surface area contributed by atoms with Crippen LogP contribution in [0.1, 0.15) is 93.0 Å². The first-order chi connectivity index (χ1) is 15.3. The summed E-state index contributed by atoms with van der Waals surface area (Å²) in [6, 6.07) is 4.20. The van der Waals surface area contributed by atoms with E-state index in [9.17, 15) is 23.1 Å². The molecule has 0 bridgehead atoms. The predicted molar refractivity (Wildman–Crippen MR) is 117 cm³/mol. The minimum atomic E-state index is -1.63. The van der Waals surface area contributed by atoms with Crippen molar-refractivity contribution in [1.82, 2.24) is 0 Å². The Bertz CT molecular complexity index is 926. The molecule has 1 N–H and O–H groups in total. The molecule has 3 rings (SSSR count). The van der Waals surface area contributed by atoms with Crippen molar-refractivity contribution in [3.05, 3.63) is 58.7 Å². The van der Waals surface area contributed by atoms with Gasteiger partial charge in [0.1, 0.15) is 5.82 Å². The van der Waals surface area contributed by atoms with Crippen molar-refractivity contribution in [3.63, 3.8) is 0 Å². The second-order valence-corrected chi connectivity index (χ2v) is 8.87. The van der Waals surface area contributed by atoms with E-state index >= 15 is 4.39 Å². The summed E-state index contributed by atoms with van der Waals surface area (Å²) < 4.78 is 56.4. The number of carboxylic acid groups (broad SMARTS) is 1. The van der Waals surface area contributed by atoms with Gasteiger partial charge in [-0.2, -0.15) is 0 Å². The summed E-state index contributed by atoms with van der Waals surface area (Å²) in [4.78, 5) is 11.4. The number of rotatable bonds is 9. The quantitative estimate of drug-likeness (QED) is 0.237. The Morgan fingerprint density at radius 1 is 0.906 bits per heavy atom. The third-order valence-electron chi connectivity index (χ3n) is 6.68. The fourth-order valence-corrected chi connectivity index (χ4v) is 4.89. The maximum Gasteiger partial charge on any atom is 0.338 e. The molecule has 2 nitrogen and oxygen atoms in total. The molecule has 0 heterocycles. The summed E-state index contributed by atoms with van der Waals surface area (Å²) in [6.07, 6.45) is 10.9. The third kappa shape index (κ3) is 5.51. The van der Waals surface area contributed by atoms with Gasteiger partial charge in [-0.15, -0.1) is 0 Å². The van der Waals surface area contributed by atoms with Crippen LogP contribution in [0.4, 0.5) is 17.6 Å². The van der Waals surface area contributed by atoms with Gasteiger partial charge in [0.2, 0.25) is 0 Å². The molecule has 0 unspecified atom stereocenters. The molecule has 1 aliphatic carbocycles. The Morgan fingerprint density at radius 3 is 2.12 bits per heavy atom. The van der Waals surface area contributed by atoms with Crippen molar-refractivity contribution in [2.75, 3.05) is 0 Å². The molecule has 32 heavy (non-hydrogen) atoms. The lowest BCUT2D eigenvalue weighted by Crippen LogP contribution is -2.15. The van der Waals surface area contributed by atoms with Crippen molar-refractivity contribution in [2.45, 2.75) is 77.0 Å². The van der Waals surface area contributed by atoms with E-state index in [0.717, 1.165) is 37.8 Å². The number of halogens is 4. The zero-order valence-electron chi connectivity index (χ0n) is 18.4. The van der Waals surface area contributed by atoms with Crippen LogP contribution in [0.25, 0.3) is 11.1 Å². The van der Waals surface area contributed by atoms with Gasteiger partial charge in [0.05, 0.1) is 5.56 Å². The van der Waals surface area contributed by atoms with Crippen LogP contribution in [0.15, 0.2) is 24.3 Å². The highest BCUT2D eigenvalue weighted by Gasteiger charge is 2.28. The van der Waals surface area contributed by atoms with Gasteiger partial charge in [0.25, 0.3) is 0 Å². The van der Waals surface area contributed by atoms with E-state index in [0.29, 0.717) is 11.5 Å². The number of unbranched alkanes of at least 4 members (excludes halogenated alkanes) is 4. The molecule has 0 aromatic heterocycles. The van der Waals surface area contributed by atoms with Crippen molar-refractivity contribution in [1.29, 1.82) is 0 Å². The second-order valence-electron chi connectivity index (χ2n) is 8.87. The van der Waals surface area contributed by atoms with Gasteiger partial charge in [-0.1, -0.05) is 51.5 Å². The van der Waals surface area contributed by atoms with Gasteiger partial charge >= 0.3 is 5.97 Å². The van der Waals surface area contributed by atoms with E-state index in [2.05, 4.69) is 6.92 Å². The monoisotopic (exact) mass is 450 g/mol. The van der Waals surface area contributed by atoms with Crippen LogP contribution < -0.4 is 0 Å². The molecule has 0 amide bonds. The van der Waals surface area contributed by atoms with E-state index in [4.69, 9.17) is 0 Å². The summed E-state index contributed by atoms with van der Waals surface area (Å²) in [6.45, 7) is 2.19. The lowest BCUT2D eigenvalue weighted by Gasteiger charge is -2.30. The number of carbonyl (C=O) groups is 1. The van der Waals surface area contributed by atoms with E-state index in [1.807, 2.05) is 0 Å². The molecular weight excluding hydrogens is 420 g/mol. The van der Waals surface area contributed by atoms with Crippen molar-refractivity contribution in [2.24, 2.45) is 5.92 Å². The molecule has 1 aliphatic rings. The molecule has 6 heteroatoms. The molecule has 174 valence electrons. The van der Waals surface area contributed by atoms with Gasteiger partial charge in [-0.3, -0.25) is 0 Å². The molecule has 2 aromatic rings. The largest absolute Gasteiger partial charge is 0.478 e. The lowest BCUT2D eigenvalue weighted by molar-refractivity contribution is 0.0692. The highest BCUT2D eigenvalue weighted by molar-refractivity contribution is 5.90. The van der Waals surface area contributed by atoms with Crippen LogP contribution in [0.2, 0.25) is 0 Å². The first-order valence-corrected chi connectivity index (χ1v) is 11.5. The summed E-state index contributed by atoms with van der Waals surface area (Å²) in [5, 5.41) is 9.31. The third-order valence-corrected chi connectivity index (χ3v) is 6.68. The van der Waals surface area contributed by atoms with Gasteiger partial charge in [0.15, 0.2) is 17.5 Å². The predicted octanol–water partition coefficient (Wildman–Crippen LogP) is 8.24. The first-order valence-electron chi connectivity index (χ1n) is 11.5. The topological polar surface area (TPSA) is 37.3 Å². The van der Waals surface area contributed by atoms with E-state index < -0.39 is 34.8 Å². The van der Waals surface area contributed by atoms with E-state index in [1.54, 1.807) is 0 Å². The zero-order chi connectivity index (χ0) is 23.3. The average molecular weight is 451 g/mol. The van der Waals surface area contributed by atoms with E-state index in [1.165, 1.54) is 50.7 Å². The highest BCUT2D eigenvalue weighted by Crippen LogP contribution is 2.43. The van der Waals surface area contributed by atoms with Crippen LogP contribution in [0.3, 0.4) is 0 Å². The maximum absolute atomic E-state index is 15.2. The molecule has 0 saturated heterocycles. The SMILES string of the molecule is CCCCCCC[C@H]1CC[C@H](c2ccc(C(=O)O)c(F)c2-c2cc(F)c(F)c(F)c2)CC1. The van der Waals surface area contributed by atoms with Crippen molar-refractivity contribution < 1.29 is 27.5 Å². The molecule has 2 aromatic carbocycles. The fourth-order valence-electron chi connectivity index (χ4n) is 4.89. The first kappa shape index (κ1) is 24.3. The standard InChI is InChI=1S/C26H30F4O2/c1-2-3-4-5-6-7-16-8-10-17(11-9-16)19-12-13-20(26(31)32)24(29)23(19)18-14-21(27)25(30)22(28)15-18/h12-17H,2-11H2,1H3,(H,31,32)/t16-,17-. The highest BCUT2D eigenvalue weighted by atomic mass is 19.2. The Hall–Kier alpha value is -2.37. The average Bonchev–Trinajstić information content (AvgIpc) is 2.77. The molecule has 1 fully saturated rings. The molecule has 1 saturated carbocycles. The Balaban J connectivity index is 1.83. The summed E-state index contributed by atoms with van der Waals surface area (Å²) in [7, 11) is 0. The van der Waals surface area contributed by atoms with Crippen LogP contribution in [0, 0.1) is 29.2 Å². The molecule has 0 atom stereocenters. The van der Waals surface area contributed by atoms with Gasteiger partial charge in [0, 0.05) is 5.56 Å². The van der Waals surface area contributed by atoms with Crippen LogP contribution in [0.5, 0.6) is 0 Å². The Morgan fingerprint density at radius 2 is 1.53 bits per heavy atom. The smallest absolute Gasteiger partial charge is 0.338 e. The summed E-state index contributed by atoms with van der Waals surface area (Å²) in [5.41, 5.74) is -0.380.